The van der Waals surface area contributed by atoms with Gasteiger partial charge in [-0.3, -0.25) is 4.57 Å². The molecule has 0 saturated heterocycles. The summed E-state index contributed by atoms with van der Waals surface area (Å²) in [6.45, 7) is 1.08. The van der Waals surface area contributed by atoms with Crippen LogP contribution in [-0.2, 0) is 21.1 Å². The lowest BCUT2D eigenvalue weighted by atomic mass is 10.2. The van der Waals surface area contributed by atoms with Gasteiger partial charge in [0.25, 0.3) is 10.0 Å². The Morgan fingerprint density at radius 3 is 2.52 bits per heavy atom. The zero-order chi connectivity index (χ0) is 28.8. The van der Waals surface area contributed by atoms with Crippen LogP contribution in [0.1, 0.15) is 5.56 Å². The third-order valence-electron chi connectivity index (χ3n) is 5.30. The molecule has 210 valence electrons. The van der Waals surface area contributed by atoms with E-state index in [1.165, 1.54) is 6.07 Å². The summed E-state index contributed by atoms with van der Waals surface area (Å²) in [5.74, 6) is -0.342. The summed E-state index contributed by atoms with van der Waals surface area (Å²) in [6, 6.07) is 14.8. The fourth-order valence-electron chi connectivity index (χ4n) is 3.45. The maximum absolute atomic E-state index is 13.8. The summed E-state index contributed by atoms with van der Waals surface area (Å²) in [5.41, 5.74) is -0.293. The molecule has 2 aromatic carbocycles. The van der Waals surface area contributed by atoms with Crippen molar-refractivity contribution in [3.63, 3.8) is 0 Å². The second kappa shape index (κ2) is 13.0. The minimum Gasteiger partial charge on any atom is -0.768 e. The van der Waals surface area contributed by atoms with Crippen molar-refractivity contribution in [1.29, 1.82) is 5.26 Å². The van der Waals surface area contributed by atoms with Gasteiger partial charge in [0, 0.05) is 29.0 Å². The Kier molecular flexibility index (Phi) is 9.63. The van der Waals surface area contributed by atoms with Gasteiger partial charge >= 0.3 is 0 Å². The molecule has 40 heavy (non-hydrogen) atoms. The number of rotatable bonds is 13. The van der Waals surface area contributed by atoms with Crippen molar-refractivity contribution in [3.8, 4) is 23.3 Å². The first-order valence-electron chi connectivity index (χ1n) is 11.6. The zero-order valence-electron chi connectivity index (χ0n) is 20.7. The lowest BCUT2D eigenvalue weighted by molar-refractivity contribution is -0.697. The van der Waals surface area contributed by atoms with E-state index in [2.05, 4.69) is 0 Å². The number of sulfonamides is 1. The predicted octanol–water partition coefficient (Wildman–Crippen LogP) is 3.76. The van der Waals surface area contributed by atoms with Crippen molar-refractivity contribution >= 4 is 50.6 Å². The van der Waals surface area contributed by atoms with Crippen LogP contribution < -0.4 is 28.2 Å². The number of ether oxygens (including phenoxy) is 2. The normalized spacial score (nSPS) is 12.9. The summed E-state index contributed by atoms with van der Waals surface area (Å²) in [5, 5.41) is 9.32. The molecule has 1 unspecified atom stereocenters. The highest BCUT2D eigenvalue weighted by molar-refractivity contribution is 7.92. The average Bonchev–Trinajstić information content (AvgIpc) is 3.35. The van der Waals surface area contributed by atoms with Gasteiger partial charge in [-0.25, -0.2) is 22.1 Å². The summed E-state index contributed by atoms with van der Waals surface area (Å²) < 4.78 is 72.7. The van der Waals surface area contributed by atoms with E-state index in [9.17, 15) is 22.3 Å². The lowest BCUT2D eigenvalue weighted by Gasteiger charge is -2.24. The first-order chi connectivity index (χ1) is 19.1. The molecule has 1 N–H and O–H groups in total. The molecule has 0 spiro atoms. The highest BCUT2D eigenvalue weighted by Crippen LogP contribution is 2.40. The van der Waals surface area contributed by atoms with Gasteiger partial charge in [-0.1, -0.05) is 6.07 Å². The molecule has 4 aromatic rings. The molecule has 4 rings (SSSR count). The number of fused-ring (bicyclic) bond motifs is 1. The number of pyridine rings is 1. The van der Waals surface area contributed by atoms with Crippen LogP contribution >= 0.6 is 30.5 Å². The summed E-state index contributed by atoms with van der Waals surface area (Å²) in [7, 11) is -9.08. The van der Waals surface area contributed by atoms with E-state index in [0.29, 0.717) is 34.7 Å². The molecule has 0 amide bonds. The van der Waals surface area contributed by atoms with Crippen molar-refractivity contribution in [1.82, 2.24) is 4.72 Å². The van der Waals surface area contributed by atoms with E-state index in [-0.39, 0.29) is 22.3 Å². The monoisotopic (exact) mass is 625 g/mol. The van der Waals surface area contributed by atoms with Crippen LogP contribution in [0.3, 0.4) is 0 Å². The number of nitriles is 1. The largest absolute Gasteiger partial charge is 0.768 e. The van der Waals surface area contributed by atoms with E-state index in [1.807, 2.05) is 39.9 Å². The van der Waals surface area contributed by atoms with E-state index >= 15 is 0 Å². The molecule has 10 nitrogen and oxygen atoms in total. The Hall–Kier alpha value is -3.24. The lowest BCUT2D eigenvalue weighted by Crippen LogP contribution is -2.35. The van der Waals surface area contributed by atoms with E-state index in [0.717, 1.165) is 29.5 Å². The van der Waals surface area contributed by atoms with E-state index in [4.69, 9.17) is 30.9 Å². The Labute approximate surface area is 238 Å². The van der Waals surface area contributed by atoms with Gasteiger partial charge in [0.15, 0.2) is 38.0 Å². The van der Waals surface area contributed by atoms with Crippen LogP contribution in [0.4, 0.5) is 4.39 Å². The van der Waals surface area contributed by atoms with Crippen molar-refractivity contribution < 1.29 is 40.8 Å². The Balaban J connectivity index is 1.49. The topological polar surface area (TPSA) is 142 Å². The summed E-state index contributed by atoms with van der Waals surface area (Å²) >= 11 is 6.68. The molecule has 2 aromatic heterocycles. The molecule has 0 fully saturated rings. The number of alkyl halides is 1. The standard InChI is InChI=1S/C25H22ClFN3O7PS2/c26-6-10-35-22-12-19-13-25(39-24(19)15-23(22)36-11-9-30-7-2-1-3-8-30)40(33,34)29-17-38(31,32)37-20-5-4-18(16-28)21(27)14-20/h1-5,7-8,12-15,29H,6,9-11,17H2. The molecule has 2 heterocycles. The highest BCUT2D eigenvalue weighted by Gasteiger charge is 2.22. The van der Waals surface area contributed by atoms with Crippen molar-refractivity contribution in [2.75, 3.05) is 25.4 Å². The first-order valence-corrected chi connectivity index (χ1v) is 16.2. The van der Waals surface area contributed by atoms with Gasteiger partial charge in [0.2, 0.25) is 0 Å². The molecular weight excluding hydrogens is 604 g/mol. The minimum absolute atomic E-state index is 0.146. The molecule has 0 aliphatic heterocycles. The maximum atomic E-state index is 13.8. The van der Waals surface area contributed by atoms with Crippen LogP contribution in [0.2, 0.25) is 0 Å². The molecular formula is C25H22ClFN3O7PS2. The van der Waals surface area contributed by atoms with Gasteiger partial charge in [-0.05, 0) is 29.7 Å². The Morgan fingerprint density at radius 1 is 1.10 bits per heavy atom. The molecule has 1 atom stereocenters. The predicted molar refractivity (Wildman–Crippen MR) is 145 cm³/mol. The molecule has 0 radical (unpaired) electrons. The quantitative estimate of drug-likeness (QED) is 0.134. The molecule has 0 bridgehead atoms. The van der Waals surface area contributed by atoms with Crippen LogP contribution in [0.5, 0.6) is 17.2 Å². The van der Waals surface area contributed by atoms with Gasteiger partial charge in [0.05, 0.1) is 17.7 Å². The van der Waals surface area contributed by atoms with Gasteiger partial charge < -0.3 is 18.9 Å². The smallest absolute Gasteiger partial charge is 0.250 e. The highest BCUT2D eigenvalue weighted by atomic mass is 35.5. The van der Waals surface area contributed by atoms with Crippen LogP contribution in [-0.4, -0.2) is 33.8 Å². The molecule has 0 aliphatic carbocycles. The third kappa shape index (κ3) is 7.69. The number of hydrogen-bond acceptors (Lipinski definition) is 9. The summed E-state index contributed by atoms with van der Waals surface area (Å²) in [6.07, 6.45) is 2.71. The van der Waals surface area contributed by atoms with E-state index in [1.54, 1.807) is 18.2 Å². The number of benzene rings is 2. The number of nitrogens with one attached hydrogen (secondary N) is 1. The number of nitrogens with zero attached hydrogens (tertiary/aromatic N) is 2. The van der Waals surface area contributed by atoms with E-state index < -0.39 is 35.5 Å². The summed E-state index contributed by atoms with van der Waals surface area (Å²) in [4.78, 5) is 12.4. The molecule has 15 heteroatoms. The fraction of sp³-hybridized carbons (Fsp3) is 0.200. The number of hydrogen-bond donors (Lipinski definition) is 1. The van der Waals surface area contributed by atoms with Crippen LogP contribution in [0, 0.1) is 17.1 Å². The van der Waals surface area contributed by atoms with Gasteiger partial charge in [0.1, 0.15) is 35.1 Å². The van der Waals surface area contributed by atoms with Gasteiger partial charge in [-0.2, -0.15) is 5.26 Å². The second-order valence-electron chi connectivity index (χ2n) is 8.16. The number of halogens is 2. The Morgan fingerprint density at radius 2 is 1.82 bits per heavy atom. The van der Waals surface area contributed by atoms with Crippen molar-refractivity contribution in [2.24, 2.45) is 0 Å². The minimum atomic E-state index is -4.82. The van der Waals surface area contributed by atoms with Gasteiger partial charge in [-0.15, -0.1) is 22.9 Å². The SMILES string of the molecule is N#Cc1ccc(OP(=O)([O-])CNS(=O)(=O)c2cc3cc(OCCCl)c(OCC[n+]4ccccc4)cc3s2)cc1F. The average molecular weight is 626 g/mol. The van der Waals surface area contributed by atoms with Crippen LogP contribution in [0.25, 0.3) is 10.1 Å². The molecule has 0 saturated carbocycles. The van der Waals surface area contributed by atoms with Crippen molar-refractivity contribution in [2.45, 2.75) is 10.8 Å². The molecule has 0 aliphatic rings. The maximum Gasteiger partial charge on any atom is 0.250 e. The van der Waals surface area contributed by atoms with Crippen molar-refractivity contribution in [3.05, 3.63) is 78.4 Å². The van der Waals surface area contributed by atoms with Crippen LogP contribution in [0.15, 0.2) is 71.2 Å². The Bertz CT molecular complexity index is 1700. The number of aromatic nitrogens is 1. The zero-order valence-corrected chi connectivity index (χ0v) is 23.9. The third-order valence-corrected chi connectivity index (χ3v) is 9.67. The second-order valence-corrected chi connectivity index (χ2v) is 13.3. The number of thiophene rings is 1. The fourth-order valence-corrected chi connectivity index (χ4v) is 7.45. The first kappa shape index (κ1) is 29.7.